The lowest BCUT2D eigenvalue weighted by atomic mass is 9.76. The van der Waals surface area contributed by atoms with Crippen molar-refractivity contribution in [2.75, 3.05) is 5.32 Å². The van der Waals surface area contributed by atoms with Crippen molar-refractivity contribution >= 4 is 23.4 Å². The Morgan fingerprint density at radius 3 is 2.50 bits per heavy atom. The fourth-order valence-electron chi connectivity index (χ4n) is 5.35. The number of carbonyl (C=O) groups excluding carboxylic acids is 3. The summed E-state index contributed by atoms with van der Waals surface area (Å²) in [6.45, 7) is 2.04. The van der Waals surface area contributed by atoms with Crippen molar-refractivity contribution in [3.05, 3.63) is 65.2 Å². The average molecular weight is 376 g/mol. The Balaban J connectivity index is 1.64. The van der Waals surface area contributed by atoms with Crippen LogP contribution in [-0.4, -0.2) is 23.8 Å². The third-order valence-electron chi connectivity index (χ3n) is 6.53. The van der Waals surface area contributed by atoms with E-state index in [1.165, 1.54) is 0 Å². The van der Waals surface area contributed by atoms with E-state index < -0.39 is 17.4 Å². The van der Waals surface area contributed by atoms with Gasteiger partial charge in [0.15, 0.2) is 0 Å². The van der Waals surface area contributed by atoms with Gasteiger partial charge in [-0.3, -0.25) is 19.7 Å². The van der Waals surface area contributed by atoms with E-state index in [4.69, 9.17) is 0 Å². The van der Waals surface area contributed by atoms with E-state index in [1.807, 2.05) is 60.8 Å². The molecule has 5 rings (SSSR count). The van der Waals surface area contributed by atoms with Crippen LogP contribution in [0, 0.1) is 11.8 Å². The summed E-state index contributed by atoms with van der Waals surface area (Å²) in [6.07, 6.45) is 1.41. The minimum atomic E-state index is -1.08. The van der Waals surface area contributed by atoms with Crippen LogP contribution in [0.5, 0.6) is 0 Å². The smallest absolute Gasteiger partial charge is 0.291 e. The van der Waals surface area contributed by atoms with E-state index in [2.05, 4.69) is 10.6 Å². The predicted octanol–water partition coefficient (Wildman–Crippen LogP) is 0.473. The fraction of sp³-hybridized carbons (Fsp3) is 0.318. The van der Waals surface area contributed by atoms with Crippen LogP contribution in [0.4, 0.5) is 5.69 Å². The number of fused-ring (bicyclic) bond motifs is 4. The SMILES string of the molecule is CCc1cccc2c1NC(=O)[C@]21[NH2+][C@@H](Cc2ccccc2)[C@H]2C(=O)NC(=O)[C@H]21. The zero-order valence-corrected chi connectivity index (χ0v) is 15.6. The van der Waals surface area contributed by atoms with E-state index in [0.29, 0.717) is 6.42 Å². The number of rotatable bonds is 3. The second kappa shape index (κ2) is 6.01. The van der Waals surface area contributed by atoms with E-state index >= 15 is 0 Å². The molecule has 3 amide bonds. The van der Waals surface area contributed by atoms with E-state index in [-0.39, 0.29) is 23.8 Å². The quantitative estimate of drug-likeness (QED) is 0.680. The number of quaternary nitrogens is 1. The van der Waals surface area contributed by atoms with Crippen molar-refractivity contribution in [2.45, 2.75) is 31.3 Å². The molecule has 0 unspecified atom stereocenters. The lowest BCUT2D eigenvalue weighted by molar-refractivity contribution is -0.733. The Labute approximate surface area is 162 Å². The van der Waals surface area contributed by atoms with Gasteiger partial charge in [0.25, 0.3) is 5.91 Å². The number of nitrogens with one attached hydrogen (secondary N) is 2. The van der Waals surface area contributed by atoms with Crippen LogP contribution in [0.25, 0.3) is 0 Å². The van der Waals surface area contributed by atoms with E-state index in [1.54, 1.807) is 0 Å². The molecule has 2 saturated heterocycles. The van der Waals surface area contributed by atoms with Gasteiger partial charge in [-0.1, -0.05) is 55.5 Å². The van der Waals surface area contributed by atoms with Crippen molar-refractivity contribution in [1.29, 1.82) is 0 Å². The normalized spacial score (nSPS) is 30.3. The van der Waals surface area contributed by atoms with Gasteiger partial charge in [-0.2, -0.15) is 0 Å². The van der Waals surface area contributed by atoms with Crippen LogP contribution < -0.4 is 16.0 Å². The molecule has 4 atom stereocenters. The van der Waals surface area contributed by atoms with Gasteiger partial charge in [0.05, 0.1) is 5.69 Å². The molecule has 0 bridgehead atoms. The minimum Gasteiger partial charge on any atom is -0.326 e. The second-order valence-electron chi connectivity index (χ2n) is 7.89. The zero-order valence-electron chi connectivity index (χ0n) is 15.6. The number of carbonyl (C=O) groups is 3. The number of anilines is 1. The summed E-state index contributed by atoms with van der Waals surface area (Å²) in [5.74, 6) is -2.01. The molecule has 2 aromatic rings. The van der Waals surface area contributed by atoms with Crippen molar-refractivity contribution < 1.29 is 19.7 Å². The van der Waals surface area contributed by atoms with Gasteiger partial charge < -0.3 is 10.6 Å². The molecule has 2 aromatic carbocycles. The molecular formula is C22H22N3O3+. The summed E-state index contributed by atoms with van der Waals surface area (Å²) < 4.78 is 0. The molecule has 28 heavy (non-hydrogen) atoms. The number of amides is 3. The van der Waals surface area contributed by atoms with E-state index in [9.17, 15) is 14.4 Å². The fourth-order valence-corrected chi connectivity index (χ4v) is 5.35. The Kier molecular flexibility index (Phi) is 3.67. The molecule has 0 radical (unpaired) electrons. The molecule has 142 valence electrons. The van der Waals surface area contributed by atoms with Crippen LogP contribution >= 0.6 is 0 Å². The first-order valence-electron chi connectivity index (χ1n) is 9.74. The molecular weight excluding hydrogens is 354 g/mol. The van der Waals surface area contributed by atoms with Crippen LogP contribution in [0.1, 0.15) is 23.6 Å². The van der Waals surface area contributed by atoms with Gasteiger partial charge >= 0.3 is 0 Å². The summed E-state index contributed by atoms with van der Waals surface area (Å²) >= 11 is 0. The van der Waals surface area contributed by atoms with Crippen molar-refractivity contribution in [3.63, 3.8) is 0 Å². The lowest BCUT2D eigenvalue weighted by Crippen LogP contribution is -2.99. The third-order valence-corrected chi connectivity index (χ3v) is 6.53. The molecule has 6 nitrogen and oxygen atoms in total. The molecule has 3 heterocycles. The first kappa shape index (κ1) is 17.1. The van der Waals surface area contributed by atoms with Crippen molar-refractivity contribution in [1.82, 2.24) is 5.32 Å². The molecule has 2 fully saturated rings. The Bertz CT molecular complexity index is 1000. The minimum absolute atomic E-state index is 0.180. The Morgan fingerprint density at radius 2 is 1.75 bits per heavy atom. The van der Waals surface area contributed by atoms with Gasteiger partial charge in [-0.05, 0) is 17.5 Å². The molecule has 0 saturated carbocycles. The maximum atomic E-state index is 13.3. The monoisotopic (exact) mass is 376 g/mol. The number of hydrogen-bond donors (Lipinski definition) is 3. The number of imide groups is 1. The summed E-state index contributed by atoms with van der Waals surface area (Å²) in [5, 5.41) is 7.49. The number of nitrogens with two attached hydrogens (primary N) is 1. The van der Waals surface area contributed by atoms with Gasteiger partial charge in [0.2, 0.25) is 17.4 Å². The predicted molar refractivity (Wildman–Crippen MR) is 102 cm³/mol. The van der Waals surface area contributed by atoms with Crippen molar-refractivity contribution in [3.8, 4) is 0 Å². The molecule has 6 heteroatoms. The summed E-state index contributed by atoms with van der Waals surface area (Å²) in [7, 11) is 0. The van der Waals surface area contributed by atoms with E-state index in [0.717, 1.165) is 28.8 Å². The number of hydrogen-bond acceptors (Lipinski definition) is 3. The zero-order chi connectivity index (χ0) is 19.5. The number of benzene rings is 2. The third kappa shape index (κ3) is 2.15. The van der Waals surface area contributed by atoms with Crippen LogP contribution in [0.15, 0.2) is 48.5 Å². The molecule has 3 aliphatic heterocycles. The van der Waals surface area contributed by atoms with Gasteiger partial charge in [0.1, 0.15) is 17.9 Å². The van der Waals surface area contributed by atoms with Crippen LogP contribution in [-0.2, 0) is 32.8 Å². The van der Waals surface area contributed by atoms with Crippen LogP contribution in [0.3, 0.4) is 0 Å². The average Bonchev–Trinajstić information content (AvgIpc) is 3.29. The Morgan fingerprint density at radius 1 is 0.964 bits per heavy atom. The topological polar surface area (TPSA) is 91.9 Å². The highest BCUT2D eigenvalue weighted by molar-refractivity contribution is 6.14. The largest absolute Gasteiger partial charge is 0.326 e. The molecule has 1 spiro atoms. The lowest BCUT2D eigenvalue weighted by Gasteiger charge is -2.24. The highest BCUT2D eigenvalue weighted by Gasteiger charge is 2.72. The highest BCUT2D eigenvalue weighted by Crippen LogP contribution is 2.48. The number of aryl methyl sites for hydroxylation is 1. The highest BCUT2D eigenvalue weighted by atomic mass is 16.2. The first-order chi connectivity index (χ1) is 13.6. The number of para-hydroxylation sites is 1. The van der Waals surface area contributed by atoms with Gasteiger partial charge in [-0.25, -0.2) is 0 Å². The molecule has 0 aromatic heterocycles. The van der Waals surface area contributed by atoms with Gasteiger partial charge in [-0.15, -0.1) is 0 Å². The molecule has 4 N–H and O–H groups in total. The summed E-state index contributed by atoms with van der Waals surface area (Å²) in [4.78, 5) is 38.8. The van der Waals surface area contributed by atoms with Crippen LogP contribution in [0.2, 0.25) is 0 Å². The standard InChI is InChI=1S/C22H21N3O3/c1-2-13-9-6-10-14-18(13)23-21(28)22(14)17-16(19(26)24-20(17)27)15(25-22)11-12-7-4-3-5-8-12/h3-10,15-17,25H,2,11H2,1H3,(H,23,28)(H,24,26,27)/p+1/t15-,16+,17-,22-/m0/s1. The summed E-state index contributed by atoms with van der Waals surface area (Å²) in [6, 6.07) is 15.6. The summed E-state index contributed by atoms with van der Waals surface area (Å²) in [5.41, 5.74) is 2.68. The molecule has 3 aliphatic rings. The first-order valence-corrected chi connectivity index (χ1v) is 9.74. The Hall–Kier alpha value is -2.99. The molecule has 0 aliphatic carbocycles. The second-order valence-corrected chi connectivity index (χ2v) is 7.89. The van der Waals surface area contributed by atoms with Crippen molar-refractivity contribution in [2.24, 2.45) is 11.8 Å². The maximum Gasteiger partial charge on any atom is 0.291 e. The maximum absolute atomic E-state index is 13.3. The van der Waals surface area contributed by atoms with Gasteiger partial charge in [0, 0.05) is 12.0 Å².